The molecule has 0 N–H and O–H groups in total. The third kappa shape index (κ3) is 6.87. The fraction of sp³-hybridized carbons (Fsp3) is 0.400. The third-order valence-electron chi connectivity index (χ3n) is 6.17. The molecular weight excluding hydrogens is 360 g/mol. The number of benzene rings is 2. The normalized spacial score (nSPS) is 13.8. The molecule has 0 heteroatoms. The lowest BCUT2D eigenvalue weighted by molar-refractivity contribution is 0.547. The van der Waals surface area contributed by atoms with Gasteiger partial charge in [0, 0.05) is 0 Å². The van der Waals surface area contributed by atoms with Gasteiger partial charge in [-0.2, -0.15) is 0 Å². The Morgan fingerprint density at radius 3 is 2.47 bits per heavy atom. The molecule has 0 saturated carbocycles. The van der Waals surface area contributed by atoms with Gasteiger partial charge >= 0.3 is 0 Å². The summed E-state index contributed by atoms with van der Waals surface area (Å²) in [6.45, 7) is 15.6. The van der Waals surface area contributed by atoms with E-state index in [9.17, 15) is 0 Å². The van der Waals surface area contributed by atoms with E-state index in [1.807, 2.05) is 0 Å². The molecular formula is C30H40. The van der Waals surface area contributed by atoms with Crippen LogP contribution in [0.5, 0.6) is 0 Å². The SMILES string of the molecule is C=C(Cc1ccccc1C)c1ccc(C(C/C=C/C)C(C)/C=C\CCCC)c(C)c1. The zero-order valence-electron chi connectivity index (χ0n) is 19.7. The van der Waals surface area contributed by atoms with Crippen LogP contribution in [-0.2, 0) is 6.42 Å². The maximum atomic E-state index is 4.40. The first-order valence-electron chi connectivity index (χ1n) is 11.6. The molecule has 0 aliphatic carbocycles. The predicted molar refractivity (Wildman–Crippen MR) is 135 cm³/mol. The molecule has 0 aromatic heterocycles. The lowest BCUT2D eigenvalue weighted by Crippen LogP contribution is -2.09. The van der Waals surface area contributed by atoms with Crippen molar-refractivity contribution in [1.29, 1.82) is 0 Å². The van der Waals surface area contributed by atoms with Crippen LogP contribution in [0.1, 0.15) is 80.2 Å². The van der Waals surface area contributed by atoms with Crippen LogP contribution in [-0.4, -0.2) is 0 Å². The second-order valence-electron chi connectivity index (χ2n) is 8.62. The number of aryl methyl sites for hydroxylation is 2. The first-order chi connectivity index (χ1) is 14.5. The van der Waals surface area contributed by atoms with Gasteiger partial charge in [0.1, 0.15) is 0 Å². The van der Waals surface area contributed by atoms with Crippen molar-refractivity contribution in [3.8, 4) is 0 Å². The minimum absolute atomic E-state index is 0.512. The monoisotopic (exact) mass is 400 g/mol. The minimum atomic E-state index is 0.512. The Hall–Kier alpha value is -2.34. The Morgan fingerprint density at radius 1 is 1.03 bits per heavy atom. The van der Waals surface area contributed by atoms with E-state index in [-0.39, 0.29) is 0 Å². The van der Waals surface area contributed by atoms with Crippen molar-refractivity contribution in [2.45, 2.75) is 72.6 Å². The molecule has 0 aliphatic rings. The van der Waals surface area contributed by atoms with Crippen molar-refractivity contribution in [2.24, 2.45) is 5.92 Å². The molecule has 2 unspecified atom stereocenters. The number of unbranched alkanes of at least 4 members (excludes halogenated alkanes) is 2. The average Bonchev–Trinajstić information content (AvgIpc) is 2.74. The van der Waals surface area contributed by atoms with Crippen LogP contribution in [0.25, 0.3) is 5.57 Å². The maximum absolute atomic E-state index is 4.40. The zero-order valence-corrected chi connectivity index (χ0v) is 19.7. The van der Waals surface area contributed by atoms with Gasteiger partial charge in [0.2, 0.25) is 0 Å². The van der Waals surface area contributed by atoms with E-state index in [4.69, 9.17) is 0 Å². The molecule has 2 rings (SSSR count). The number of rotatable bonds is 11. The second kappa shape index (κ2) is 12.4. The van der Waals surface area contributed by atoms with Crippen molar-refractivity contribution in [3.63, 3.8) is 0 Å². The predicted octanol–water partition coefficient (Wildman–Crippen LogP) is 8.99. The summed E-state index contributed by atoms with van der Waals surface area (Å²) in [5.74, 6) is 1.04. The zero-order chi connectivity index (χ0) is 21.9. The fourth-order valence-corrected chi connectivity index (χ4v) is 4.13. The summed E-state index contributed by atoms with van der Waals surface area (Å²) in [5.41, 5.74) is 7.99. The molecule has 160 valence electrons. The van der Waals surface area contributed by atoms with E-state index < -0.39 is 0 Å². The van der Waals surface area contributed by atoms with Gasteiger partial charge in [-0.15, -0.1) is 0 Å². The van der Waals surface area contributed by atoms with E-state index in [2.05, 4.69) is 108 Å². The summed E-state index contributed by atoms with van der Waals surface area (Å²) < 4.78 is 0. The minimum Gasteiger partial charge on any atom is -0.0949 e. The van der Waals surface area contributed by atoms with Crippen molar-refractivity contribution in [3.05, 3.63) is 101 Å². The van der Waals surface area contributed by atoms with E-state index in [1.165, 1.54) is 52.7 Å². The van der Waals surface area contributed by atoms with Gasteiger partial charge in [-0.05, 0) is 85.3 Å². The van der Waals surface area contributed by atoms with E-state index in [0.29, 0.717) is 11.8 Å². The molecule has 0 bridgehead atoms. The van der Waals surface area contributed by atoms with Crippen LogP contribution < -0.4 is 0 Å². The number of hydrogen-bond donors (Lipinski definition) is 0. The summed E-state index contributed by atoms with van der Waals surface area (Å²) in [5, 5.41) is 0. The van der Waals surface area contributed by atoms with E-state index in [1.54, 1.807) is 0 Å². The molecule has 0 spiro atoms. The van der Waals surface area contributed by atoms with Crippen LogP contribution >= 0.6 is 0 Å². The Labute approximate surface area is 185 Å². The van der Waals surface area contributed by atoms with E-state index in [0.717, 1.165) is 12.8 Å². The van der Waals surface area contributed by atoms with Crippen LogP contribution in [0.2, 0.25) is 0 Å². The van der Waals surface area contributed by atoms with Crippen molar-refractivity contribution >= 4 is 5.57 Å². The molecule has 0 heterocycles. The second-order valence-corrected chi connectivity index (χ2v) is 8.62. The smallest absolute Gasteiger partial charge is 0.00231 e. The van der Waals surface area contributed by atoms with Crippen LogP contribution in [0.15, 0.2) is 73.3 Å². The van der Waals surface area contributed by atoms with Gasteiger partial charge in [0.25, 0.3) is 0 Å². The summed E-state index contributed by atoms with van der Waals surface area (Å²) >= 11 is 0. The molecule has 30 heavy (non-hydrogen) atoms. The molecule has 0 fully saturated rings. The maximum Gasteiger partial charge on any atom is -0.00231 e. The standard InChI is InChI=1S/C30H40/c1-7-9-11-12-16-24(4)29(18-10-8-2)30-20-19-28(22-26(30)6)25(5)21-27-17-14-13-15-23(27)3/h8,10,12-17,19-20,22,24,29H,5,7,9,11,18,21H2,1-4,6H3/b10-8+,16-12-. The Bertz CT molecular complexity index is 865. The summed E-state index contributed by atoms with van der Waals surface area (Å²) in [6, 6.07) is 15.6. The van der Waals surface area contributed by atoms with E-state index >= 15 is 0 Å². The van der Waals surface area contributed by atoms with Gasteiger partial charge in [0.15, 0.2) is 0 Å². The van der Waals surface area contributed by atoms with Crippen LogP contribution in [0.3, 0.4) is 0 Å². The molecule has 0 radical (unpaired) electrons. The number of hydrogen-bond acceptors (Lipinski definition) is 0. The first-order valence-corrected chi connectivity index (χ1v) is 11.6. The highest BCUT2D eigenvalue weighted by molar-refractivity contribution is 5.67. The number of allylic oxidation sites excluding steroid dienone is 5. The van der Waals surface area contributed by atoms with Crippen LogP contribution in [0, 0.1) is 19.8 Å². The fourth-order valence-electron chi connectivity index (χ4n) is 4.13. The first kappa shape index (κ1) is 23.9. The van der Waals surface area contributed by atoms with Gasteiger partial charge < -0.3 is 0 Å². The third-order valence-corrected chi connectivity index (χ3v) is 6.17. The largest absolute Gasteiger partial charge is 0.0949 e. The highest BCUT2D eigenvalue weighted by atomic mass is 14.2. The van der Waals surface area contributed by atoms with Gasteiger partial charge in [0.05, 0.1) is 0 Å². The quantitative estimate of drug-likeness (QED) is 0.261. The van der Waals surface area contributed by atoms with Crippen molar-refractivity contribution in [2.75, 3.05) is 0 Å². The van der Waals surface area contributed by atoms with Gasteiger partial charge in [-0.25, -0.2) is 0 Å². The summed E-state index contributed by atoms with van der Waals surface area (Å²) in [7, 11) is 0. The van der Waals surface area contributed by atoms with Gasteiger partial charge in [-0.1, -0.05) is 100 Å². The Kier molecular flexibility index (Phi) is 9.87. The summed E-state index contributed by atoms with van der Waals surface area (Å²) in [4.78, 5) is 0. The van der Waals surface area contributed by atoms with Gasteiger partial charge in [-0.3, -0.25) is 0 Å². The molecule has 0 aliphatic heterocycles. The Morgan fingerprint density at radius 2 is 1.80 bits per heavy atom. The topological polar surface area (TPSA) is 0 Å². The lowest BCUT2D eigenvalue weighted by Gasteiger charge is -2.24. The van der Waals surface area contributed by atoms with Crippen molar-refractivity contribution in [1.82, 2.24) is 0 Å². The van der Waals surface area contributed by atoms with Crippen molar-refractivity contribution < 1.29 is 0 Å². The van der Waals surface area contributed by atoms with Crippen LogP contribution in [0.4, 0.5) is 0 Å². The summed E-state index contributed by atoms with van der Waals surface area (Å²) in [6.07, 6.45) is 15.0. The highest BCUT2D eigenvalue weighted by Crippen LogP contribution is 2.33. The molecule has 0 saturated heterocycles. The molecule has 2 aromatic carbocycles. The highest BCUT2D eigenvalue weighted by Gasteiger charge is 2.18. The molecule has 0 nitrogen and oxygen atoms in total. The molecule has 2 atom stereocenters. The molecule has 0 amide bonds. The average molecular weight is 401 g/mol. The molecule has 2 aromatic rings. The Balaban J connectivity index is 2.21. The lowest BCUT2D eigenvalue weighted by atomic mass is 9.81.